The van der Waals surface area contributed by atoms with Crippen molar-refractivity contribution in [1.82, 2.24) is 9.55 Å². The lowest BCUT2D eigenvalue weighted by Gasteiger charge is -2.08. The summed E-state index contributed by atoms with van der Waals surface area (Å²) < 4.78 is 14.8. The molecule has 0 aliphatic heterocycles. The van der Waals surface area contributed by atoms with Gasteiger partial charge in [-0.2, -0.15) is 0 Å². The standard InChI is InChI=1S/C12H13ClFN3/c1-17-7-6-16-12(17)4-5-15-11-3-2-9(14)8-10(11)13/h2-3,6-8,15H,4-5H2,1H3. The number of anilines is 1. The Morgan fingerprint density at radius 2 is 2.29 bits per heavy atom. The molecule has 0 radical (unpaired) electrons. The van der Waals surface area contributed by atoms with Crippen LogP contribution in [-0.2, 0) is 13.5 Å². The van der Waals surface area contributed by atoms with E-state index in [0.717, 1.165) is 17.9 Å². The van der Waals surface area contributed by atoms with E-state index in [0.29, 0.717) is 11.6 Å². The maximum Gasteiger partial charge on any atom is 0.124 e. The zero-order valence-electron chi connectivity index (χ0n) is 9.45. The summed E-state index contributed by atoms with van der Waals surface area (Å²) in [5, 5.41) is 3.55. The average molecular weight is 254 g/mol. The Bertz CT molecular complexity index is 510. The Morgan fingerprint density at radius 3 is 2.94 bits per heavy atom. The highest BCUT2D eigenvalue weighted by atomic mass is 35.5. The lowest BCUT2D eigenvalue weighted by Crippen LogP contribution is -2.08. The fraction of sp³-hybridized carbons (Fsp3) is 0.250. The van der Waals surface area contributed by atoms with Gasteiger partial charge in [0, 0.05) is 32.4 Å². The minimum absolute atomic E-state index is 0.329. The molecule has 0 unspecified atom stereocenters. The van der Waals surface area contributed by atoms with Crippen LogP contribution >= 0.6 is 11.6 Å². The van der Waals surface area contributed by atoms with E-state index >= 15 is 0 Å². The number of aromatic nitrogens is 2. The van der Waals surface area contributed by atoms with Crippen molar-refractivity contribution in [2.75, 3.05) is 11.9 Å². The SMILES string of the molecule is Cn1ccnc1CCNc1ccc(F)cc1Cl. The van der Waals surface area contributed by atoms with E-state index in [2.05, 4.69) is 10.3 Å². The number of nitrogens with one attached hydrogen (secondary N) is 1. The van der Waals surface area contributed by atoms with Crippen LogP contribution in [0.15, 0.2) is 30.6 Å². The van der Waals surface area contributed by atoms with Crippen molar-refractivity contribution >= 4 is 17.3 Å². The highest BCUT2D eigenvalue weighted by Crippen LogP contribution is 2.22. The molecule has 0 spiro atoms. The molecule has 5 heteroatoms. The first-order valence-electron chi connectivity index (χ1n) is 5.32. The summed E-state index contributed by atoms with van der Waals surface area (Å²) in [6.07, 6.45) is 4.46. The zero-order valence-corrected chi connectivity index (χ0v) is 10.2. The summed E-state index contributed by atoms with van der Waals surface area (Å²) in [5.74, 6) is 0.667. The van der Waals surface area contributed by atoms with Crippen LogP contribution in [0.5, 0.6) is 0 Å². The lowest BCUT2D eigenvalue weighted by molar-refractivity contribution is 0.628. The molecule has 0 aliphatic rings. The molecular formula is C12H13ClFN3. The first-order valence-corrected chi connectivity index (χ1v) is 5.70. The second-order valence-corrected chi connectivity index (χ2v) is 4.16. The maximum atomic E-state index is 12.8. The molecule has 2 aromatic rings. The molecule has 0 saturated carbocycles. The van der Waals surface area contributed by atoms with Gasteiger partial charge in [0.1, 0.15) is 11.6 Å². The minimum Gasteiger partial charge on any atom is -0.383 e. The van der Waals surface area contributed by atoms with Crippen LogP contribution in [0.3, 0.4) is 0 Å². The van der Waals surface area contributed by atoms with Gasteiger partial charge in [0.05, 0.1) is 10.7 Å². The minimum atomic E-state index is -0.329. The second-order valence-electron chi connectivity index (χ2n) is 3.76. The summed E-state index contributed by atoms with van der Waals surface area (Å²) in [6.45, 7) is 0.705. The number of rotatable bonds is 4. The van der Waals surface area contributed by atoms with Gasteiger partial charge in [0.25, 0.3) is 0 Å². The summed E-state index contributed by atoms with van der Waals surface area (Å²) in [5.41, 5.74) is 0.738. The Balaban J connectivity index is 1.92. The molecule has 0 aliphatic carbocycles. The Kier molecular flexibility index (Phi) is 3.64. The molecule has 90 valence electrons. The molecule has 1 aromatic heterocycles. The summed E-state index contributed by atoms with van der Waals surface area (Å²) >= 11 is 5.90. The van der Waals surface area contributed by atoms with E-state index in [1.54, 1.807) is 12.3 Å². The second kappa shape index (κ2) is 5.19. The number of aryl methyl sites for hydroxylation is 1. The first kappa shape index (κ1) is 11.9. The third-order valence-electron chi connectivity index (χ3n) is 2.52. The lowest BCUT2D eigenvalue weighted by atomic mass is 10.3. The molecule has 17 heavy (non-hydrogen) atoms. The van der Waals surface area contributed by atoms with E-state index < -0.39 is 0 Å². The van der Waals surface area contributed by atoms with E-state index in [9.17, 15) is 4.39 Å². The fourth-order valence-corrected chi connectivity index (χ4v) is 1.81. The molecule has 1 N–H and O–H groups in total. The van der Waals surface area contributed by atoms with Crippen molar-refractivity contribution in [2.24, 2.45) is 7.05 Å². The van der Waals surface area contributed by atoms with Gasteiger partial charge in [-0.1, -0.05) is 11.6 Å². The maximum absolute atomic E-state index is 12.8. The topological polar surface area (TPSA) is 29.9 Å². The smallest absolute Gasteiger partial charge is 0.124 e. The van der Waals surface area contributed by atoms with Gasteiger partial charge < -0.3 is 9.88 Å². The van der Waals surface area contributed by atoms with Crippen molar-refractivity contribution in [2.45, 2.75) is 6.42 Å². The highest BCUT2D eigenvalue weighted by molar-refractivity contribution is 6.33. The third-order valence-corrected chi connectivity index (χ3v) is 2.83. The van der Waals surface area contributed by atoms with E-state index in [4.69, 9.17) is 11.6 Å². The predicted molar refractivity (Wildman–Crippen MR) is 66.8 cm³/mol. The van der Waals surface area contributed by atoms with Crippen molar-refractivity contribution in [1.29, 1.82) is 0 Å². The first-order chi connectivity index (χ1) is 8.16. The summed E-state index contributed by atoms with van der Waals surface area (Å²) in [6, 6.07) is 4.32. The van der Waals surface area contributed by atoms with Crippen LogP contribution in [-0.4, -0.2) is 16.1 Å². The Hall–Kier alpha value is -1.55. The summed E-state index contributed by atoms with van der Waals surface area (Å²) in [7, 11) is 1.95. The van der Waals surface area contributed by atoms with Gasteiger partial charge >= 0.3 is 0 Å². The van der Waals surface area contributed by atoms with Crippen LogP contribution in [0.25, 0.3) is 0 Å². The van der Waals surface area contributed by atoms with Gasteiger partial charge in [-0.3, -0.25) is 0 Å². The number of halogens is 2. The molecule has 3 nitrogen and oxygen atoms in total. The Morgan fingerprint density at radius 1 is 1.47 bits per heavy atom. The number of imidazole rings is 1. The van der Waals surface area contributed by atoms with Crippen molar-refractivity contribution in [3.05, 3.63) is 47.3 Å². The molecule has 0 amide bonds. The van der Waals surface area contributed by atoms with Gasteiger partial charge in [-0.25, -0.2) is 9.37 Å². The number of benzene rings is 1. The Labute approximate surface area is 104 Å². The molecule has 1 aromatic carbocycles. The van der Waals surface area contributed by atoms with Crippen LogP contribution in [0, 0.1) is 5.82 Å². The number of hydrogen-bond donors (Lipinski definition) is 1. The van der Waals surface area contributed by atoms with E-state index in [1.165, 1.54) is 12.1 Å². The number of nitrogens with zero attached hydrogens (tertiary/aromatic N) is 2. The van der Waals surface area contributed by atoms with Gasteiger partial charge in [0.15, 0.2) is 0 Å². The van der Waals surface area contributed by atoms with Crippen molar-refractivity contribution < 1.29 is 4.39 Å². The molecule has 2 rings (SSSR count). The van der Waals surface area contributed by atoms with Gasteiger partial charge in [0.2, 0.25) is 0 Å². The monoisotopic (exact) mass is 253 g/mol. The quantitative estimate of drug-likeness (QED) is 0.908. The van der Waals surface area contributed by atoms with Crippen LogP contribution < -0.4 is 5.32 Å². The third kappa shape index (κ3) is 2.97. The highest BCUT2D eigenvalue weighted by Gasteiger charge is 2.02. The van der Waals surface area contributed by atoms with Crippen LogP contribution in [0.2, 0.25) is 5.02 Å². The number of hydrogen-bond acceptors (Lipinski definition) is 2. The van der Waals surface area contributed by atoms with E-state index in [1.807, 2.05) is 17.8 Å². The van der Waals surface area contributed by atoms with Crippen LogP contribution in [0.1, 0.15) is 5.82 Å². The molecule has 0 bridgehead atoms. The summed E-state index contributed by atoms with van der Waals surface area (Å²) in [4.78, 5) is 4.21. The van der Waals surface area contributed by atoms with E-state index in [-0.39, 0.29) is 5.82 Å². The molecule has 1 heterocycles. The molecule has 0 atom stereocenters. The zero-order chi connectivity index (χ0) is 12.3. The van der Waals surface area contributed by atoms with Crippen molar-refractivity contribution in [3.63, 3.8) is 0 Å². The normalized spacial score (nSPS) is 10.5. The van der Waals surface area contributed by atoms with Crippen LogP contribution in [0.4, 0.5) is 10.1 Å². The van der Waals surface area contributed by atoms with Gasteiger partial charge in [-0.05, 0) is 18.2 Å². The largest absolute Gasteiger partial charge is 0.383 e. The molecular weight excluding hydrogens is 241 g/mol. The molecule has 0 fully saturated rings. The van der Waals surface area contributed by atoms with Crippen molar-refractivity contribution in [3.8, 4) is 0 Å². The van der Waals surface area contributed by atoms with Gasteiger partial charge in [-0.15, -0.1) is 0 Å². The fourth-order valence-electron chi connectivity index (χ4n) is 1.58. The predicted octanol–water partition coefficient (Wildman–Crippen LogP) is 2.87. The average Bonchev–Trinajstić information content (AvgIpc) is 2.68. The molecule has 0 saturated heterocycles.